The van der Waals surface area contributed by atoms with Gasteiger partial charge in [0, 0.05) is 5.38 Å². The number of nitrogens with one attached hydrogen (secondary N) is 1. The summed E-state index contributed by atoms with van der Waals surface area (Å²) < 4.78 is 0. The minimum atomic E-state index is 0.624. The lowest BCUT2D eigenvalue weighted by Crippen LogP contribution is -1.90. The van der Waals surface area contributed by atoms with Gasteiger partial charge in [0.25, 0.3) is 0 Å². The van der Waals surface area contributed by atoms with E-state index in [1.165, 1.54) is 11.3 Å². The molecule has 0 bridgehead atoms. The Bertz CT molecular complexity index is 580. The molecule has 0 aliphatic heterocycles. The zero-order valence-electron chi connectivity index (χ0n) is 9.21. The summed E-state index contributed by atoms with van der Waals surface area (Å²) in [6.45, 7) is 1.93. The number of hydrogen-bond donors (Lipinski definition) is 1. The molecule has 0 fully saturated rings. The first-order chi connectivity index (χ1) is 8.28. The summed E-state index contributed by atoms with van der Waals surface area (Å²) in [6.07, 6.45) is 1.66. The minimum absolute atomic E-state index is 0.624. The molecule has 0 unspecified atom stereocenters. The van der Waals surface area contributed by atoms with Gasteiger partial charge in [0.15, 0.2) is 0 Å². The molecule has 84 valence electrons. The molecule has 4 nitrogen and oxygen atoms in total. The SMILES string of the molecule is Cc1csc(NN=Cc2cccc(C#N)c2)n1. The molecular formula is C12H10N4S. The van der Waals surface area contributed by atoms with E-state index >= 15 is 0 Å². The van der Waals surface area contributed by atoms with Crippen LogP contribution in [0.15, 0.2) is 34.7 Å². The van der Waals surface area contributed by atoms with Crippen molar-refractivity contribution in [3.63, 3.8) is 0 Å². The Kier molecular flexibility index (Phi) is 3.48. The van der Waals surface area contributed by atoms with Gasteiger partial charge in [0.1, 0.15) is 0 Å². The van der Waals surface area contributed by atoms with Crippen LogP contribution in [0.1, 0.15) is 16.8 Å². The topological polar surface area (TPSA) is 61.1 Å². The molecule has 0 amide bonds. The molecule has 0 aliphatic carbocycles. The first-order valence-corrected chi connectivity index (χ1v) is 5.87. The van der Waals surface area contributed by atoms with Crippen LogP contribution in [0.4, 0.5) is 5.13 Å². The van der Waals surface area contributed by atoms with Crippen LogP contribution in [0.3, 0.4) is 0 Å². The Balaban J connectivity index is 2.03. The fraction of sp³-hybridized carbons (Fsp3) is 0.0833. The molecule has 0 saturated heterocycles. The Morgan fingerprint density at radius 3 is 3.12 bits per heavy atom. The van der Waals surface area contributed by atoms with Gasteiger partial charge in [-0.3, -0.25) is 5.43 Å². The summed E-state index contributed by atoms with van der Waals surface area (Å²) in [5.41, 5.74) is 5.32. The van der Waals surface area contributed by atoms with Crippen LogP contribution in [0.25, 0.3) is 0 Å². The van der Waals surface area contributed by atoms with Crippen LogP contribution in [0, 0.1) is 18.3 Å². The summed E-state index contributed by atoms with van der Waals surface area (Å²) in [5.74, 6) is 0. The van der Waals surface area contributed by atoms with Crippen molar-refractivity contribution >= 4 is 22.7 Å². The van der Waals surface area contributed by atoms with Crippen LogP contribution < -0.4 is 5.43 Å². The van der Waals surface area contributed by atoms with Crippen LogP contribution in [0.5, 0.6) is 0 Å². The lowest BCUT2D eigenvalue weighted by molar-refractivity contribution is 1.22. The van der Waals surface area contributed by atoms with Crippen LogP contribution in [-0.4, -0.2) is 11.2 Å². The Hall–Kier alpha value is -2.19. The minimum Gasteiger partial charge on any atom is -0.253 e. The lowest BCUT2D eigenvalue weighted by Gasteiger charge is -1.94. The van der Waals surface area contributed by atoms with Crippen molar-refractivity contribution in [2.24, 2.45) is 5.10 Å². The van der Waals surface area contributed by atoms with E-state index in [1.54, 1.807) is 18.3 Å². The highest BCUT2D eigenvalue weighted by molar-refractivity contribution is 7.13. The maximum Gasteiger partial charge on any atom is 0.203 e. The monoisotopic (exact) mass is 242 g/mol. The molecule has 0 radical (unpaired) electrons. The number of aryl methyl sites for hydroxylation is 1. The number of hydrazone groups is 1. The number of aromatic nitrogens is 1. The lowest BCUT2D eigenvalue weighted by atomic mass is 10.1. The summed E-state index contributed by atoms with van der Waals surface area (Å²) in [7, 11) is 0. The molecule has 2 rings (SSSR count). The molecule has 1 heterocycles. The third kappa shape index (κ3) is 3.13. The van der Waals surface area contributed by atoms with Gasteiger partial charge >= 0.3 is 0 Å². The van der Waals surface area contributed by atoms with E-state index in [9.17, 15) is 0 Å². The van der Waals surface area contributed by atoms with E-state index in [0.717, 1.165) is 16.4 Å². The van der Waals surface area contributed by atoms with Gasteiger partial charge in [-0.2, -0.15) is 10.4 Å². The van der Waals surface area contributed by atoms with Gasteiger partial charge in [0.2, 0.25) is 5.13 Å². The second-order valence-electron chi connectivity index (χ2n) is 3.40. The Morgan fingerprint density at radius 2 is 2.41 bits per heavy atom. The largest absolute Gasteiger partial charge is 0.253 e. The first-order valence-electron chi connectivity index (χ1n) is 4.99. The van der Waals surface area contributed by atoms with Gasteiger partial charge in [-0.25, -0.2) is 4.98 Å². The average molecular weight is 242 g/mol. The van der Waals surface area contributed by atoms with Crippen molar-refractivity contribution in [1.82, 2.24) is 4.98 Å². The number of rotatable bonds is 3. The second kappa shape index (κ2) is 5.23. The molecule has 1 aromatic heterocycles. The van der Waals surface area contributed by atoms with Gasteiger partial charge in [0.05, 0.1) is 23.5 Å². The van der Waals surface area contributed by atoms with Crippen LogP contribution in [0.2, 0.25) is 0 Å². The van der Waals surface area contributed by atoms with Crippen molar-refractivity contribution in [3.05, 3.63) is 46.5 Å². The van der Waals surface area contributed by atoms with Gasteiger partial charge < -0.3 is 0 Å². The Morgan fingerprint density at radius 1 is 1.53 bits per heavy atom. The highest BCUT2D eigenvalue weighted by atomic mass is 32.1. The number of nitriles is 1. The number of anilines is 1. The maximum absolute atomic E-state index is 8.75. The van der Waals surface area contributed by atoms with E-state index in [0.29, 0.717) is 5.56 Å². The van der Waals surface area contributed by atoms with Crippen molar-refractivity contribution in [2.75, 3.05) is 5.43 Å². The second-order valence-corrected chi connectivity index (χ2v) is 4.26. The van der Waals surface area contributed by atoms with E-state index in [-0.39, 0.29) is 0 Å². The number of hydrogen-bond acceptors (Lipinski definition) is 5. The van der Waals surface area contributed by atoms with Gasteiger partial charge in [-0.1, -0.05) is 12.1 Å². The molecule has 0 atom stereocenters. The van der Waals surface area contributed by atoms with E-state index in [2.05, 4.69) is 21.6 Å². The first kappa shape index (κ1) is 11.3. The molecule has 0 spiro atoms. The summed E-state index contributed by atoms with van der Waals surface area (Å²) in [6, 6.07) is 9.34. The average Bonchev–Trinajstić information content (AvgIpc) is 2.75. The van der Waals surface area contributed by atoms with E-state index < -0.39 is 0 Å². The molecule has 17 heavy (non-hydrogen) atoms. The zero-order valence-corrected chi connectivity index (χ0v) is 10.0. The third-order valence-corrected chi connectivity index (χ3v) is 2.87. The van der Waals surface area contributed by atoms with Gasteiger partial charge in [-0.05, 0) is 24.6 Å². The number of nitrogens with zero attached hydrogens (tertiary/aromatic N) is 3. The fourth-order valence-corrected chi connectivity index (χ4v) is 1.89. The molecule has 1 aromatic carbocycles. The van der Waals surface area contributed by atoms with Crippen molar-refractivity contribution in [1.29, 1.82) is 5.26 Å². The maximum atomic E-state index is 8.75. The summed E-state index contributed by atoms with van der Waals surface area (Å²) in [5, 5.41) is 15.5. The molecule has 1 N–H and O–H groups in total. The quantitative estimate of drug-likeness (QED) is 0.665. The Labute approximate surface area is 103 Å². The van der Waals surface area contributed by atoms with E-state index in [4.69, 9.17) is 5.26 Å². The molecular weight excluding hydrogens is 232 g/mol. The summed E-state index contributed by atoms with van der Waals surface area (Å²) in [4.78, 5) is 4.22. The number of benzene rings is 1. The molecule has 2 aromatic rings. The zero-order chi connectivity index (χ0) is 12.1. The van der Waals surface area contributed by atoms with Crippen LogP contribution in [-0.2, 0) is 0 Å². The van der Waals surface area contributed by atoms with E-state index in [1.807, 2.05) is 24.4 Å². The summed E-state index contributed by atoms with van der Waals surface area (Å²) >= 11 is 1.50. The number of thiazole rings is 1. The van der Waals surface area contributed by atoms with Crippen LogP contribution >= 0.6 is 11.3 Å². The van der Waals surface area contributed by atoms with Crippen molar-refractivity contribution < 1.29 is 0 Å². The molecule has 0 aliphatic rings. The highest BCUT2D eigenvalue weighted by Gasteiger charge is 1.95. The molecule has 0 saturated carbocycles. The smallest absolute Gasteiger partial charge is 0.203 e. The highest BCUT2D eigenvalue weighted by Crippen LogP contribution is 2.13. The molecule has 5 heteroatoms. The fourth-order valence-electron chi connectivity index (χ4n) is 1.26. The predicted molar refractivity (Wildman–Crippen MR) is 69.2 cm³/mol. The predicted octanol–water partition coefficient (Wildman–Crippen LogP) is 2.77. The third-order valence-electron chi connectivity index (χ3n) is 2.01. The van der Waals surface area contributed by atoms with Gasteiger partial charge in [-0.15, -0.1) is 11.3 Å². The standard InChI is InChI=1S/C12H10N4S/c1-9-8-17-12(15-9)16-14-7-11-4-2-3-10(5-11)6-13/h2-5,7-8H,1H3,(H,15,16). The normalized spacial score (nSPS) is 10.4. The van der Waals surface area contributed by atoms with Crippen molar-refractivity contribution in [3.8, 4) is 6.07 Å². The van der Waals surface area contributed by atoms with Crippen molar-refractivity contribution in [2.45, 2.75) is 6.92 Å².